The second-order valence-corrected chi connectivity index (χ2v) is 3.45. The van der Waals surface area contributed by atoms with Gasteiger partial charge in [-0.15, -0.1) is 0 Å². The van der Waals surface area contributed by atoms with Crippen LogP contribution in [0.1, 0.15) is 6.92 Å². The second kappa shape index (κ2) is 2.41. The standard InChI is InChI=1S/C6H9BrF2O/c1-5(2-7)3-10-4-6(5,8)9/h2-4H2,1H3/t5-/m0/s1. The third kappa shape index (κ3) is 1.07. The fourth-order valence-electron chi connectivity index (χ4n) is 0.821. The van der Waals surface area contributed by atoms with Crippen molar-refractivity contribution in [3.05, 3.63) is 0 Å². The average Bonchev–Trinajstić information content (AvgIpc) is 2.10. The van der Waals surface area contributed by atoms with Gasteiger partial charge in [-0.05, 0) is 0 Å². The number of hydrogen-bond donors (Lipinski definition) is 0. The van der Waals surface area contributed by atoms with E-state index < -0.39 is 17.9 Å². The molecule has 1 rings (SSSR count). The van der Waals surface area contributed by atoms with Crippen molar-refractivity contribution in [2.75, 3.05) is 18.5 Å². The zero-order valence-electron chi connectivity index (χ0n) is 5.66. The molecule has 1 heterocycles. The van der Waals surface area contributed by atoms with Crippen LogP contribution in [0.2, 0.25) is 0 Å². The minimum atomic E-state index is -2.67. The summed E-state index contributed by atoms with van der Waals surface area (Å²) >= 11 is 3.05. The summed E-state index contributed by atoms with van der Waals surface area (Å²) < 4.78 is 30.4. The number of rotatable bonds is 1. The summed E-state index contributed by atoms with van der Waals surface area (Å²) in [5, 5.41) is 0.285. The predicted molar refractivity (Wildman–Crippen MR) is 37.7 cm³/mol. The lowest BCUT2D eigenvalue weighted by atomic mass is 9.89. The first-order valence-corrected chi connectivity index (χ1v) is 4.15. The highest BCUT2D eigenvalue weighted by molar-refractivity contribution is 9.09. The van der Waals surface area contributed by atoms with Crippen LogP contribution in [0, 0.1) is 5.41 Å². The molecule has 0 amide bonds. The van der Waals surface area contributed by atoms with E-state index in [1.54, 1.807) is 0 Å². The zero-order valence-corrected chi connectivity index (χ0v) is 7.25. The van der Waals surface area contributed by atoms with Gasteiger partial charge in [-0.25, -0.2) is 8.78 Å². The highest BCUT2D eigenvalue weighted by Crippen LogP contribution is 2.43. The fraction of sp³-hybridized carbons (Fsp3) is 1.00. The van der Waals surface area contributed by atoms with Crippen LogP contribution in [0.15, 0.2) is 0 Å². The smallest absolute Gasteiger partial charge is 0.279 e. The van der Waals surface area contributed by atoms with Crippen molar-refractivity contribution in [3.63, 3.8) is 0 Å². The summed E-state index contributed by atoms with van der Waals surface area (Å²) in [6, 6.07) is 0. The molecule has 60 valence electrons. The van der Waals surface area contributed by atoms with Gasteiger partial charge in [-0.1, -0.05) is 22.9 Å². The van der Waals surface area contributed by atoms with E-state index in [0.717, 1.165) is 0 Å². The minimum Gasteiger partial charge on any atom is -0.374 e. The molecule has 1 saturated heterocycles. The average molecular weight is 215 g/mol. The van der Waals surface area contributed by atoms with Crippen LogP contribution in [0.3, 0.4) is 0 Å². The lowest BCUT2D eigenvalue weighted by Gasteiger charge is -2.25. The van der Waals surface area contributed by atoms with E-state index in [4.69, 9.17) is 0 Å². The Labute approximate surface area is 66.9 Å². The molecule has 0 N–H and O–H groups in total. The van der Waals surface area contributed by atoms with Crippen molar-refractivity contribution in [2.45, 2.75) is 12.8 Å². The highest BCUT2D eigenvalue weighted by atomic mass is 79.9. The summed E-state index contributed by atoms with van der Waals surface area (Å²) in [5.41, 5.74) is -1.01. The van der Waals surface area contributed by atoms with Gasteiger partial charge in [0.2, 0.25) is 0 Å². The molecule has 0 aromatic rings. The van der Waals surface area contributed by atoms with Gasteiger partial charge in [0.1, 0.15) is 6.61 Å². The molecule has 1 atom stereocenters. The van der Waals surface area contributed by atoms with Gasteiger partial charge in [0.05, 0.1) is 12.0 Å². The first-order valence-electron chi connectivity index (χ1n) is 3.03. The van der Waals surface area contributed by atoms with Crippen molar-refractivity contribution >= 4 is 15.9 Å². The maximum atomic E-state index is 12.8. The van der Waals surface area contributed by atoms with Gasteiger partial charge in [-0.3, -0.25) is 0 Å². The Morgan fingerprint density at radius 2 is 2.10 bits per heavy atom. The van der Waals surface area contributed by atoms with Crippen molar-refractivity contribution in [1.29, 1.82) is 0 Å². The molecule has 1 fully saturated rings. The summed E-state index contributed by atoms with van der Waals surface area (Å²) in [6.07, 6.45) is 0. The quantitative estimate of drug-likeness (QED) is 0.608. The lowest BCUT2D eigenvalue weighted by Crippen LogP contribution is -2.38. The van der Waals surface area contributed by atoms with E-state index in [2.05, 4.69) is 20.7 Å². The topological polar surface area (TPSA) is 9.23 Å². The Bertz CT molecular complexity index is 140. The van der Waals surface area contributed by atoms with Crippen LogP contribution in [-0.2, 0) is 4.74 Å². The van der Waals surface area contributed by atoms with E-state index >= 15 is 0 Å². The van der Waals surface area contributed by atoms with Gasteiger partial charge in [0.15, 0.2) is 0 Å². The molecule has 4 heteroatoms. The molecule has 0 unspecified atom stereocenters. The van der Waals surface area contributed by atoms with E-state index in [1.165, 1.54) is 6.92 Å². The highest BCUT2D eigenvalue weighted by Gasteiger charge is 2.54. The molecule has 1 aliphatic heterocycles. The molecule has 1 nitrogen and oxygen atoms in total. The SMILES string of the molecule is C[C@]1(CBr)COCC1(F)F. The van der Waals surface area contributed by atoms with Gasteiger partial charge in [0, 0.05) is 5.33 Å². The summed E-state index contributed by atoms with van der Waals surface area (Å²) in [5.74, 6) is -2.67. The van der Waals surface area contributed by atoms with Gasteiger partial charge in [0.25, 0.3) is 5.92 Å². The van der Waals surface area contributed by atoms with Crippen molar-refractivity contribution in [2.24, 2.45) is 5.41 Å². The Morgan fingerprint density at radius 3 is 2.30 bits per heavy atom. The molecule has 0 spiro atoms. The molecule has 0 aromatic heterocycles. The van der Waals surface area contributed by atoms with E-state index in [-0.39, 0.29) is 11.9 Å². The van der Waals surface area contributed by atoms with E-state index in [1.807, 2.05) is 0 Å². The maximum Gasteiger partial charge on any atom is 0.279 e. The summed E-state index contributed by atoms with van der Waals surface area (Å²) in [6.45, 7) is 1.23. The minimum absolute atomic E-state index is 0.144. The molecule has 10 heavy (non-hydrogen) atoms. The zero-order chi connectivity index (χ0) is 7.83. The second-order valence-electron chi connectivity index (χ2n) is 2.89. The van der Waals surface area contributed by atoms with Crippen molar-refractivity contribution in [1.82, 2.24) is 0 Å². The summed E-state index contributed by atoms with van der Waals surface area (Å²) in [7, 11) is 0. The first-order chi connectivity index (χ1) is 4.52. The van der Waals surface area contributed by atoms with Crippen LogP contribution in [0.25, 0.3) is 0 Å². The van der Waals surface area contributed by atoms with Crippen molar-refractivity contribution in [3.8, 4) is 0 Å². The fourth-order valence-corrected chi connectivity index (χ4v) is 1.39. The van der Waals surface area contributed by atoms with Crippen LogP contribution in [-0.4, -0.2) is 24.5 Å². The molecule has 1 aliphatic rings. The lowest BCUT2D eigenvalue weighted by molar-refractivity contribution is -0.0680. The monoisotopic (exact) mass is 214 g/mol. The van der Waals surface area contributed by atoms with Gasteiger partial charge >= 0.3 is 0 Å². The van der Waals surface area contributed by atoms with Crippen molar-refractivity contribution < 1.29 is 13.5 Å². The molecule has 0 bridgehead atoms. The van der Waals surface area contributed by atoms with E-state index in [9.17, 15) is 8.78 Å². The molecule has 0 aromatic carbocycles. The Balaban J connectivity index is 2.76. The Morgan fingerprint density at radius 1 is 1.50 bits per heavy atom. The summed E-state index contributed by atoms with van der Waals surface area (Å²) in [4.78, 5) is 0. The van der Waals surface area contributed by atoms with Gasteiger partial charge in [-0.2, -0.15) is 0 Å². The molecule has 0 radical (unpaired) electrons. The Kier molecular flexibility index (Phi) is 2.02. The molecular weight excluding hydrogens is 206 g/mol. The van der Waals surface area contributed by atoms with Crippen LogP contribution >= 0.6 is 15.9 Å². The number of ether oxygens (including phenoxy) is 1. The number of hydrogen-bond acceptors (Lipinski definition) is 1. The van der Waals surface area contributed by atoms with Crippen LogP contribution in [0.5, 0.6) is 0 Å². The van der Waals surface area contributed by atoms with Crippen LogP contribution in [0.4, 0.5) is 8.78 Å². The largest absolute Gasteiger partial charge is 0.374 e. The third-order valence-electron chi connectivity index (χ3n) is 1.88. The first kappa shape index (κ1) is 8.40. The van der Waals surface area contributed by atoms with Crippen LogP contribution < -0.4 is 0 Å². The predicted octanol–water partition coefficient (Wildman–Crippen LogP) is 2.05. The normalized spacial score (nSPS) is 38.4. The molecular formula is C6H9BrF2O. The number of halogens is 3. The Hall–Kier alpha value is 0.300. The number of alkyl halides is 3. The maximum absolute atomic E-state index is 12.8. The molecule has 0 aliphatic carbocycles. The van der Waals surface area contributed by atoms with E-state index in [0.29, 0.717) is 0 Å². The third-order valence-corrected chi connectivity index (χ3v) is 3.12. The molecule has 0 saturated carbocycles. The van der Waals surface area contributed by atoms with Gasteiger partial charge < -0.3 is 4.74 Å².